The normalized spacial score (nSPS) is 14.9. The van der Waals surface area contributed by atoms with E-state index in [0.717, 1.165) is 19.1 Å². The van der Waals surface area contributed by atoms with Crippen molar-refractivity contribution in [3.05, 3.63) is 42.2 Å². The Morgan fingerprint density at radius 1 is 1.33 bits per heavy atom. The fraction of sp³-hybridized carbons (Fsp3) is 0.400. The average molecular weight is 241 g/mol. The highest BCUT2D eigenvalue weighted by molar-refractivity contribution is 5.65. The number of rotatable bonds is 5. The summed E-state index contributed by atoms with van der Waals surface area (Å²) in [6, 6.07) is 9.34. The van der Waals surface area contributed by atoms with Crippen molar-refractivity contribution in [1.29, 1.82) is 0 Å². The van der Waals surface area contributed by atoms with Crippen LogP contribution >= 0.6 is 0 Å². The van der Waals surface area contributed by atoms with Gasteiger partial charge in [0.05, 0.1) is 6.20 Å². The van der Waals surface area contributed by atoms with Gasteiger partial charge in [0, 0.05) is 30.9 Å². The van der Waals surface area contributed by atoms with Crippen LogP contribution in [0.15, 0.2) is 36.7 Å². The molecule has 0 saturated heterocycles. The third kappa shape index (κ3) is 2.46. The third-order valence-electron chi connectivity index (χ3n) is 3.44. The Bertz CT molecular complexity index is 526. The molecule has 0 radical (unpaired) electrons. The molecule has 1 N–H and O–H groups in total. The molecule has 1 heterocycles. The summed E-state index contributed by atoms with van der Waals surface area (Å²) < 4.78 is 1.97. The Morgan fingerprint density at radius 2 is 2.17 bits per heavy atom. The lowest BCUT2D eigenvalue weighted by Crippen LogP contribution is -2.15. The van der Waals surface area contributed by atoms with Crippen molar-refractivity contribution < 1.29 is 0 Å². The molecular weight excluding hydrogens is 222 g/mol. The average Bonchev–Trinajstić information content (AvgIpc) is 3.12. The van der Waals surface area contributed by atoms with Crippen molar-refractivity contribution in [1.82, 2.24) is 15.1 Å². The number of nitrogens with zero attached hydrogens (tertiary/aromatic N) is 2. The molecule has 1 saturated carbocycles. The molecule has 18 heavy (non-hydrogen) atoms. The first kappa shape index (κ1) is 11.5. The molecule has 0 bridgehead atoms. The zero-order valence-corrected chi connectivity index (χ0v) is 10.8. The molecule has 1 aliphatic carbocycles. The van der Waals surface area contributed by atoms with Crippen LogP contribution in [0.5, 0.6) is 0 Å². The minimum Gasteiger partial charge on any atom is -0.310 e. The maximum absolute atomic E-state index is 4.36. The number of aryl methyl sites for hydroxylation is 1. The second-order valence-corrected chi connectivity index (χ2v) is 4.90. The van der Waals surface area contributed by atoms with Crippen LogP contribution in [0.2, 0.25) is 0 Å². The predicted molar refractivity (Wildman–Crippen MR) is 73.2 cm³/mol. The number of nitrogens with one attached hydrogen (secondary N) is 1. The molecule has 0 atom stereocenters. The third-order valence-corrected chi connectivity index (χ3v) is 3.44. The van der Waals surface area contributed by atoms with E-state index in [9.17, 15) is 0 Å². The van der Waals surface area contributed by atoms with E-state index in [2.05, 4.69) is 47.8 Å². The molecule has 0 aliphatic heterocycles. The van der Waals surface area contributed by atoms with Crippen LogP contribution in [-0.4, -0.2) is 15.8 Å². The van der Waals surface area contributed by atoms with Gasteiger partial charge in [0.1, 0.15) is 0 Å². The maximum Gasteiger partial charge on any atom is 0.0568 e. The number of aromatic nitrogens is 2. The van der Waals surface area contributed by atoms with Gasteiger partial charge in [0.25, 0.3) is 0 Å². The van der Waals surface area contributed by atoms with Gasteiger partial charge in [-0.3, -0.25) is 4.68 Å². The van der Waals surface area contributed by atoms with Crippen LogP contribution in [0.3, 0.4) is 0 Å². The molecular formula is C15H19N3. The summed E-state index contributed by atoms with van der Waals surface area (Å²) in [4.78, 5) is 0. The Morgan fingerprint density at radius 3 is 2.89 bits per heavy atom. The zero-order chi connectivity index (χ0) is 12.4. The maximum atomic E-state index is 4.36. The zero-order valence-electron chi connectivity index (χ0n) is 10.8. The molecule has 1 aromatic heterocycles. The molecule has 0 spiro atoms. The summed E-state index contributed by atoms with van der Waals surface area (Å²) in [7, 11) is 0. The van der Waals surface area contributed by atoms with E-state index < -0.39 is 0 Å². The molecule has 3 heteroatoms. The smallest absolute Gasteiger partial charge is 0.0568 e. The molecule has 94 valence electrons. The van der Waals surface area contributed by atoms with E-state index in [-0.39, 0.29) is 0 Å². The monoisotopic (exact) mass is 241 g/mol. The summed E-state index contributed by atoms with van der Waals surface area (Å²) in [6.45, 7) is 3.98. The summed E-state index contributed by atoms with van der Waals surface area (Å²) in [5, 5.41) is 7.93. The van der Waals surface area contributed by atoms with Crippen molar-refractivity contribution in [3.8, 4) is 11.1 Å². The SMILES string of the molecule is CCn1cc(-c2ccccc2CNC2CC2)cn1. The highest BCUT2D eigenvalue weighted by atomic mass is 15.3. The highest BCUT2D eigenvalue weighted by Gasteiger charge is 2.20. The standard InChI is InChI=1S/C15H19N3/c1-2-18-11-13(10-17-18)15-6-4-3-5-12(15)9-16-14-7-8-14/h3-6,10-11,14,16H,2,7-9H2,1H3. The topological polar surface area (TPSA) is 29.9 Å². The van der Waals surface area contributed by atoms with Crippen molar-refractivity contribution in [2.45, 2.75) is 38.9 Å². The van der Waals surface area contributed by atoms with Crippen LogP contribution < -0.4 is 5.32 Å². The second kappa shape index (κ2) is 4.94. The minimum atomic E-state index is 0.747. The van der Waals surface area contributed by atoms with E-state index in [1.807, 2.05) is 10.9 Å². The summed E-state index contributed by atoms with van der Waals surface area (Å²) in [5.74, 6) is 0. The lowest BCUT2D eigenvalue weighted by atomic mass is 10.0. The number of benzene rings is 1. The quantitative estimate of drug-likeness (QED) is 0.872. The summed E-state index contributed by atoms with van der Waals surface area (Å²) >= 11 is 0. The van der Waals surface area contributed by atoms with Crippen molar-refractivity contribution in [3.63, 3.8) is 0 Å². The van der Waals surface area contributed by atoms with Gasteiger partial charge in [-0.05, 0) is 30.9 Å². The Hall–Kier alpha value is -1.61. The first-order chi connectivity index (χ1) is 8.86. The van der Waals surface area contributed by atoms with Gasteiger partial charge in [-0.1, -0.05) is 24.3 Å². The highest BCUT2D eigenvalue weighted by Crippen LogP contribution is 2.25. The minimum absolute atomic E-state index is 0.747. The van der Waals surface area contributed by atoms with Gasteiger partial charge < -0.3 is 5.32 Å². The van der Waals surface area contributed by atoms with Gasteiger partial charge in [-0.2, -0.15) is 5.10 Å². The summed E-state index contributed by atoms with van der Waals surface area (Å²) in [5.41, 5.74) is 3.87. The van der Waals surface area contributed by atoms with Gasteiger partial charge in [0.2, 0.25) is 0 Å². The lowest BCUT2D eigenvalue weighted by Gasteiger charge is -2.08. The van der Waals surface area contributed by atoms with Crippen LogP contribution in [0.25, 0.3) is 11.1 Å². The molecule has 1 aromatic carbocycles. The Kier molecular flexibility index (Phi) is 3.15. The number of hydrogen-bond acceptors (Lipinski definition) is 2. The van der Waals surface area contributed by atoms with E-state index in [0.29, 0.717) is 0 Å². The van der Waals surface area contributed by atoms with E-state index in [1.54, 1.807) is 0 Å². The van der Waals surface area contributed by atoms with Crippen molar-refractivity contribution in [2.75, 3.05) is 0 Å². The van der Waals surface area contributed by atoms with E-state index in [4.69, 9.17) is 0 Å². The predicted octanol–water partition coefficient (Wildman–Crippen LogP) is 2.82. The molecule has 1 aliphatic rings. The largest absolute Gasteiger partial charge is 0.310 e. The van der Waals surface area contributed by atoms with Crippen molar-refractivity contribution in [2.24, 2.45) is 0 Å². The van der Waals surface area contributed by atoms with Crippen LogP contribution in [0.1, 0.15) is 25.3 Å². The Labute approximate surface area is 108 Å². The second-order valence-electron chi connectivity index (χ2n) is 4.90. The van der Waals surface area contributed by atoms with Crippen LogP contribution in [-0.2, 0) is 13.1 Å². The van der Waals surface area contributed by atoms with Gasteiger partial charge in [0.15, 0.2) is 0 Å². The molecule has 3 rings (SSSR count). The van der Waals surface area contributed by atoms with Crippen molar-refractivity contribution >= 4 is 0 Å². The fourth-order valence-electron chi connectivity index (χ4n) is 2.17. The van der Waals surface area contributed by atoms with Crippen LogP contribution in [0.4, 0.5) is 0 Å². The first-order valence-electron chi connectivity index (χ1n) is 6.71. The molecule has 2 aromatic rings. The van der Waals surface area contributed by atoms with E-state index in [1.165, 1.54) is 29.5 Å². The first-order valence-corrected chi connectivity index (χ1v) is 6.71. The van der Waals surface area contributed by atoms with Crippen LogP contribution in [0, 0.1) is 0 Å². The van der Waals surface area contributed by atoms with Gasteiger partial charge >= 0.3 is 0 Å². The lowest BCUT2D eigenvalue weighted by molar-refractivity contribution is 0.660. The summed E-state index contributed by atoms with van der Waals surface area (Å²) in [6.07, 6.45) is 6.74. The van der Waals surface area contributed by atoms with E-state index >= 15 is 0 Å². The Balaban J connectivity index is 1.84. The van der Waals surface area contributed by atoms with Gasteiger partial charge in [-0.15, -0.1) is 0 Å². The molecule has 1 fully saturated rings. The fourth-order valence-corrected chi connectivity index (χ4v) is 2.17. The molecule has 3 nitrogen and oxygen atoms in total. The number of hydrogen-bond donors (Lipinski definition) is 1. The molecule has 0 unspecified atom stereocenters. The molecule has 0 amide bonds. The van der Waals surface area contributed by atoms with Gasteiger partial charge in [-0.25, -0.2) is 0 Å².